The number of phenolic OH excluding ortho intramolecular Hbond substituents is 1. The summed E-state index contributed by atoms with van der Waals surface area (Å²) in [7, 11) is 0. The van der Waals surface area contributed by atoms with E-state index in [1.165, 1.54) is 18.2 Å². The van der Waals surface area contributed by atoms with Crippen molar-refractivity contribution in [3.8, 4) is 5.75 Å². The fourth-order valence-electron chi connectivity index (χ4n) is 2.34. The molecule has 1 aromatic carbocycles. The van der Waals surface area contributed by atoms with Crippen molar-refractivity contribution >= 4 is 6.09 Å². The number of ether oxygens (including phenoxy) is 1. The Morgan fingerprint density at radius 2 is 1.91 bits per heavy atom. The van der Waals surface area contributed by atoms with Crippen molar-refractivity contribution in [1.29, 1.82) is 0 Å². The molecule has 1 heterocycles. The zero-order valence-corrected chi connectivity index (χ0v) is 13.3. The lowest BCUT2D eigenvalue weighted by atomic mass is 10.1. The van der Waals surface area contributed by atoms with Gasteiger partial charge in [0.2, 0.25) is 0 Å². The summed E-state index contributed by atoms with van der Waals surface area (Å²) in [6.45, 7) is 8.33. The Kier molecular flexibility index (Phi) is 4.90. The lowest BCUT2D eigenvalue weighted by Gasteiger charge is -2.35. The van der Waals surface area contributed by atoms with Gasteiger partial charge in [-0.2, -0.15) is 0 Å². The van der Waals surface area contributed by atoms with Gasteiger partial charge in [-0.25, -0.2) is 9.18 Å². The number of rotatable bonds is 2. The molecule has 1 saturated heterocycles. The Balaban J connectivity index is 1.87. The second-order valence-electron chi connectivity index (χ2n) is 6.52. The van der Waals surface area contributed by atoms with Crippen molar-refractivity contribution in [2.45, 2.75) is 32.9 Å². The fraction of sp³-hybridized carbons (Fsp3) is 0.562. The number of phenols is 1. The second kappa shape index (κ2) is 6.52. The summed E-state index contributed by atoms with van der Waals surface area (Å²) in [6.07, 6.45) is -0.310. The van der Waals surface area contributed by atoms with Crippen LogP contribution in [0.3, 0.4) is 0 Å². The molecule has 1 fully saturated rings. The van der Waals surface area contributed by atoms with Crippen molar-refractivity contribution in [2.75, 3.05) is 26.2 Å². The predicted molar refractivity (Wildman–Crippen MR) is 81.1 cm³/mol. The van der Waals surface area contributed by atoms with Gasteiger partial charge in [0.1, 0.15) is 17.2 Å². The summed E-state index contributed by atoms with van der Waals surface area (Å²) >= 11 is 0. The molecule has 1 amide bonds. The van der Waals surface area contributed by atoms with Crippen LogP contribution in [0.25, 0.3) is 0 Å². The number of nitrogens with zero attached hydrogens (tertiary/aromatic N) is 2. The first-order valence-corrected chi connectivity index (χ1v) is 7.42. The van der Waals surface area contributed by atoms with Crippen LogP contribution in [0.2, 0.25) is 0 Å². The minimum atomic E-state index is -0.501. The molecular weight excluding hydrogens is 287 g/mol. The number of carbonyl (C=O) groups excluding carboxylic acids is 1. The van der Waals surface area contributed by atoms with Gasteiger partial charge in [-0.3, -0.25) is 4.90 Å². The maximum Gasteiger partial charge on any atom is 0.410 e. The Bertz CT molecular complexity index is 535. The number of carbonyl (C=O) groups is 1. The average molecular weight is 310 g/mol. The quantitative estimate of drug-likeness (QED) is 0.912. The third-order valence-corrected chi connectivity index (χ3v) is 3.45. The van der Waals surface area contributed by atoms with E-state index in [9.17, 15) is 14.3 Å². The summed E-state index contributed by atoms with van der Waals surface area (Å²) in [5.74, 6) is -0.267. The molecule has 0 bridgehead atoms. The molecule has 0 radical (unpaired) electrons. The molecule has 5 nitrogen and oxygen atoms in total. The molecule has 0 aromatic heterocycles. The van der Waals surface area contributed by atoms with Crippen LogP contribution in [-0.2, 0) is 11.3 Å². The normalized spacial score (nSPS) is 16.6. The Labute approximate surface area is 130 Å². The largest absolute Gasteiger partial charge is 0.508 e. The van der Waals surface area contributed by atoms with Crippen molar-refractivity contribution in [3.05, 3.63) is 29.6 Å². The Hall–Kier alpha value is -1.82. The van der Waals surface area contributed by atoms with E-state index in [1.54, 1.807) is 4.90 Å². The SMILES string of the molecule is CC(C)(C)OC(=O)N1CCN(Cc2cc(O)ccc2F)CC1. The highest BCUT2D eigenvalue weighted by atomic mass is 19.1. The highest BCUT2D eigenvalue weighted by Crippen LogP contribution is 2.18. The number of amides is 1. The van der Waals surface area contributed by atoms with Gasteiger partial charge in [0, 0.05) is 38.3 Å². The molecule has 0 spiro atoms. The summed E-state index contributed by atoms with van der Waals surface area (Å²) in [5, 5.41) is 9.44. The van der Waals surface area contributed by atoms with Crippen molar-refractivity contribution in [2.24, 2.45) is 0 Å². The molecule has 1 aromatic rings. The van der Waals surface area contributed by atoms with E-state index in [2.05, 4.69) is 4.90 Å². The van der Waals surface area contributed by atoms with E-state index in [0.29, 0.717) is 38.3 Å². The van der Waals surface area contributed by atoms with Gasteiger partial charge in [0.25, 0.3) is 0 Å². The maximum atomic E-state index is 13.7. The number of hydrogen-bond acceptors (Lipinski definition) is 4. The molecule has 6 heteroatoms. The maximum absolute atomic E-state index is 13.7. The van der Waals surface area contributed by atoms with E-state index in [-0.39, 0.29) is 17.7 Å². The van der Waals surface area contributed by atoms with Crippen LogP contribution in [0.4, 0.5) is 9.18 Å². The third-order valence-electron chi connectivity index (χ3n) is 3.45. The van der Waals surface area contributed by atoms with Crippen LogP contribution < -0.4 is 0 Å². The van der Waals surface area contributed by atoms with Gasteiger partial charge < -0.3 is 14.7 Å². The second-order valence-corrected chi connectivity index (χ2v) is 6.52. The summed E-state index contributed by atoms with van der Waals surface area (Å²) < 4.78 is 19.0. The van der Waals surface area contributed by atoms with E-state index in [1.807, 2.05) is 20.8 Å². The molecule has 122 valence electrons. The molecule has 1 N–H and O–H groups in total. The molecule has 1 aliphatic rings. The fourth-order valence-corrected chi connectivity index (χ4v) is 2.34. The van der Waals surface area contributed by atoms with E-state index in [4.69, 9.17) is 4.74 Å². The zero-order valence-electron chi connectivity index (χ0n) is 13.3. The third kappa shape index (κ3) is 4.59. The van der Waals surface area contributed by atoms with Crippen molar-refractivity contribution in [3.63, 3.8) is 0 Å². The lowest BCUT2D eigenvalue weighted by Crippen LogP contribution is -2.49. The minimum Gasteiger partial charge on any atom is -0.508 e. The van der Waals surface area contributed by atoms with E-state index in [0.717, 1.165) is 0 Å². The summed E-state index contributed by atoms with van der Waals surface area (Å²) in [5.41, 5.74) is -0.0375. The molecule has 22 heavy (non-hydrogen) atoms. The van der Waals surface area contributed by atoms with Crippen molar-refractivity contribution in [1.82, 2.24) is 9.80 Å². The summed E-state index contributed by atoms with van der Waals surface area (Å²) in [4.78, 5) is 15.7. The van der Waals surface area contributed by atoms with Gasteiger partial charge in [-0.05, 0) is 39.0 Å². The first kappa shape index (κ1) is 16.5. The van der Waals surface area contributed by atoms with E-state index < -0.39 is 5.60 Å². The number of aromatic hydroxyl groups is 1. The topological polar surface area (TPSA) is 53.0 Å². The van der Waals surface area contributed by atoms with E-state index >= 15 is 0 Å². The zero-order chi connectivity index (χ0) is 16.3. The predicted octanol–water partition coefficient (Wildman–Crippen LogP) is 2.58. The number of piperazine rings is 1. The van der Waals surface area contributed by atoms with Gasteiger partial charge in [-0.1, -0.05) is 0 Å². The van der Waals surface area contributed by atoms with Crippen LogP contribution in [0, 0.1) is 5.82 Å². The van der Waals surface area contributed by atoms with Crippen molar-refractivity contribution < 1.29 is 19.0 Å². The standard InChI is InChI=1S/C16H23FN2O3/c1-16(2,3)22-15(21)19-8-6-18(7-9-19)11-12-10-13(20)4-5-14(12)17/h4-5,10,20H,6-9,11H2,1-3H3. The molecule has 0 saturated carbocycles. The van der Waals surface area contributed by atoms with Gasteiger partial charge in [-0.15, -0.1) is 0 Å². The molecule has 0 atom stereocenters. The minimum absolute atomic E-state index is 0.0591. The molecule has 2 rings (SSSR count). The Morgan fingerprint density at radius 3 is 2.50 bits per heavy atom. The lowest BCUT2D eigenvalue weighted by molar-refractivity contribution is 0.0138. The smallest absolute Gasteiger partial charge is 0.410 e. The molecule has 1 aliphatic heterocycles. The van der Waals surface area contributed by atoms with Crippen LogP contribution in [0.5, 0.6) is 5.75 Å². The molecule has 0 aliphatic carbocycles. The number of hydrogen-bond donors (Lipinski definition) is 1. The van der Waals surface area contributed by atoms with Gasteiger partial charge in [0.15, 0.2) is 0 Å². The van der Waals surface area contributed by atoms with Crippen LogP contribution in [-0.4, -0.2) is 52.8 Å². The van der Waals surface area contributed by atoms with Gasteiger partial charge >= 0.3 is 6.09 Å². The number of benzene rings is 1. The van der Waals surface area contributed by atoms with Crippen LogP contribution in [0.15, 0.2) is 18.2 Å². The Morgan fingerprint density at radius 1 is 1.27 bits per heavy atom. The molecule has 0 unspecified atom stereocenters. The first-order valence-electron chi connectivity index (χ1n) is 7.42. The van der Waals surface area contributed by atoms with Gasteiger partial charge in [0.05, 0.1) is 0 Å². The van der Waals surface area contributed by atoms with Crippen LogP contribution in [0.1, 0.15) is 26.3 Å². The monoisotopic (exact) mass is 310 g/mol. The molecular formula is C16H23FN2O3. The van der Waals surface area contributed by atoms with Crippen LogP contribution >= 0.6 is 0 Å². The summed E-state index contributed by atoms with van der Waals surface area (Å²) in [6, 6.07) is 4.04. The first-order chi connectivity index (χ1) is 10.2. The number of halogens is 1. The average Bonchev–Trinajstić information content (AvgIpc) is 2.42. The highest BCUT2D eigenvalue weighted by molar-refractivity contribution is 5.68. The highest BCUT2D eigenvalue weighted by Gasteiger charge is 2.26.